The van der Waals surface area contributed by atoms with Gasteiger partial charge in [0.15, 0.2) is 5.82 Å². The Morgan fingerprint density at radius 3 is 2.48 bits per heavy atom. The van der Waals surface area contributed by atoms with Crippen LogP contribution in [-0.4, -0.2) is 35.0 Å². The van der Waals surface area contributed by atoms with Crippen LogP contribution in [0.4, 0.5) is 0 Å². The Kier molecular flexibility index (Phi) is 7.12. The molecule has 2 aromatic carbocycles. The standard InChI is InChI=1S/C25H31N7O/c1-4-5-6-10-23-28-32(16-18(2)3)25(33)31(23)17-19-11-13-20(14-12-19)21-8-7-9-22(15-21)24-26-29-30-27-24/h7-9,11-15,18H,4-6,10,16-17H2,1-3H3,(H,26,27,29,30). The van der Waals surface area contributed by atoms with Crippen LogP contribution in [0.2, 0.25) is 0 Å². The Morgan fingerprint density at radius 2 is 1.79 bits per heavy atom. The average Bonchev–Trinajstić information content (AvgIpc) is 3.45. The summed E-state index contributed by atoms with van der Waals surface area (Å²) in [5.41, 5.74) is 4.17. The summed E-state index contributed by atoms with van der Waals surface area (Å²) in [4.78, 5) is 13.0. The van der Waals surface area contributed by atoms with Gasteiger partial charge in [-0.25, -0.2) is 14.6 Å². The van der Waals surface area contributed by atoms with Crippen LogP contribution in [0.1, 0.15) is 51.4 Å². The monoisotopic (exact) mass is 445 g/mol. The normalized spacial score (nSPS) is 11.4. The Balaban J connectivity index is 1.56. The highest BCUT2D eigenvalue weighted by Gasteiger charge is 2.14. The number of rotatable bonds is 10. The maximum absolute atomic E-state index is 13.0. The largest absolute Gasteiger partial charge is 0.346 e. The summed E-state index contributed by atoms with van der Waals surface area (Å²) in [6, 6.07) is 16.4. The second kappa shape index (κ2) is 10.4. The van der Waals surface area contributed by atoms with Crippen molar-refractivity contribution in [3.05, 3.63) is 70.4 Å². The van der Waals surface area contributed by atoms with Crippen LogP contribution in [-0.2, 0) is 19.5 Å². The number of aromatic nitrogens is 7. The minimum Gasteiger partial charge on any atom is -0.274 e. The number of hydrogen-bond donors (Lipinski definition) is 1. The smallest absolute Gasteiger partial charge is 0.274 e. The second-order valence-corrected chi connectivity index (χ2v) is 8.85. The molecule has 172 valence electrons. The average molecular weight is 446 g/mol. The van der Waals surface area contributed by atoms with E-state index in [1.54, 1.807) is 4.68 Å². The van der Waals surface area contributed by atoms with Gasteiger partial charge in [0.05, 0.1) is 6.54 Å². The fourth-order valence-electron chi connectivity index (χ4n) is 3.94. The number of nitrogens with one attached hydrogen (secondary N) is 1. The lowest BCUT2D eigenvalue weighted by molar-refractivity contribution is 0.465. The maximum atomic E-state index is 13.0. The van der Waals surface area contributed by atoms with Crippen LogP contribution < -0.4 is 5.69 Å². The molecular weight excluding hydrogens is 414 g/mol. The number of nitrogens with zero attached hydrogens (tertiary/aromatic N) is 6. The zero-order valence-electron chi connectivity index (χ0n) is 19.5. The van der Waals surface area contributed by atoms with Gasteiger partial charge < -0.3 is 0 Å². The first-order chi connectivity index (χ1) is 16.0. The first-order valence-corrected chi connectivity index (χ1v) is 11.6. The molecule has 2 aromatic heterocycles. The van der Waals surface area contributed by atoms with E-state index < -0.39 is 0 Å². The first kappa shape index (κ1) is 22.6. The Bertz CT molecular complexity index is 1220. The molecule has 4 rings (SSSR count). The molecule has 0 saturated carbocycles. The summed E-state index contributed by atoms with van der Waals surface area (Å²) >= 11 is 0. The minimum absolute atomic E-state index is 0.0207. The van der Waals surface area contributed by atoms with Gasteiger partial charge in [0, 0.05) is 18.5 Å². The number of hydrogen-bond acceptors (Lipinski definition) is 5. The number of unbranched alkanes of at least 4 members (excludes halogenated alkanes) is 2. The quantitative estimate of drug-likeness (QED) is 0.367. The Hall–Kier alpha value is -3.55. The van der Waals surface area contributed by atoms with E-state index in [0.29, 0.717) is 24.8 Å². The molecule has 4 aromatic rings. The van der Waals surface area contributed by atoms with Gasteiger partial charge in [0.2, 0.25) is 0 Å². The van der Waals surface area contributed by atoms with E-state index in [9.17, 15) is 4.79 Å². The third-order valence-corrected chi connectivity index (χ3v) is 5.65. The molecule has 0 amide bonds. The fraction of sp³-hybridized carbons (Fsp3) is 0.400. The summed E-state index contributed by atoms with van der Waals surface area (Å²) in [5.74, 6) is 1.89. The zero-order chi connectivity index (χ0) is 23.2. The number of aromatic amines is 1. The summed E-state index contributed by atoms with van der Waals surface area (Å²) in [7, 11) is 0. The maximum Gasteiger partial charge on any atom is 0.346 e. The number of aryl methyl sites for hydroxylation is 1. The van der Waals surface area contributed by atoms with Gasteiger partial charge in [0.1, 0.15) is 5.82 Å². The molecule has 1 N–H and O–H groups in total. The van der Waals surface area contributed by atoms with Crippen molar-refractivity contribution in [1.29, 1.82) is 0 Å². The van der Waals surface area contributed by atoms with Crippen molar-refractivity contribution >= 4 is 0 Å². The zero-order valence-corrected chi connectivity index (χ0v) is 19.5. The fourth-order valence-corrected chi connectivity index (χ4v) is 3.94. The van der Waals surface area contributed by atoms with E-state index in [-0.39, 0.29) is 5.69 Å². The van der Waals surface area contributed by atoms with Gasteiger partial charge in [-0.3, -0.25) is 4.57 Å². The molecule has 0 radical (unpaired) electrons. The van der Waals surface area contributed by atoms with Gasteiger partial charge in [-0.1, -0.05) is 76.1 Å². The van der Waals surface area contributed by atoms with E-state index in [2.05, 4.69) is 82.9 Å². The van der Waals surface area contributed by atoms with E-state index in [4.69, 9.17) is 0 Å². The van der Waals surface area contributed by atoms with Gasteiger partial charge in [-0.05, 0) is 45.5 Å². The molecule has 0 bridgehead atoms. The molecule has 8 heteroatoms. The summed E-state index contributed by atoms with van der Waals surface area (Å²) < 4.78 is 3.47. The third kappa shape index (κ3) is 5.45. The number of benzene rings is 2. The van der Waals surface area contributed by atoms with Gasteiger partial charge in [0.25, 0.3) is 0 Å². The SMILES string of the molecule is CCCCCc1nn(CC(C)C)c(=O)n1Cc1ccc(-c2cccc(-c3nnn[nH]3)c2)cc1. The molecule has 0 aliphatic carbocycles. The van der Waals surface area contributed by atoms with Crippen LogP contribution >= 0.6 is 0 Å². The van der Waals surface area contributed by atoms with Gasteiger partial charge in [-0.2, -0.15) is 5.10 Å². The molecule has 0 atom stereocenters. The lowest BCUT2D eigenvalue weighted by atomic mass is 10.0. The van der Waals surface area contributed by atoms with E-state index in [1.165, 1.54) is 0 Å². The summed E-state index contributed by atoms with van der Waals surface area (Å²) in [6.07, 6.45) is 4.16. The summed E-state index contributed by atoms with van der Waals surface area (Å²) in [5, 5.41) is 18.8. The molecule has 8 nitrogen and oxygen atoms in total. The highest BCUT2D eigenvalue weighted by Crippen LogP contribution is 2.24. The second-order valence-electron chi connectivity index (χ2n) is 8.85. The Morgan fingerprint density at radius 1 is 1.00 bits per heavy atom. The molecule has 0 unspecified atom stereocenters. The van der Waals surface area contributed by atoms with E-state index >= 15 is 0 Å². The van der Waals surface area contributed by atoms with Crippen molar-refractivity contribution in [1.82, 2.24) is 35.0 Å². The van der Waals surface area contributed by atoms with Crippen LogP contribution in [0.3, 0.4) is 0 Å². The summed E-state index contributed by atoms with van der Waals surface area (Å²) in [6.45, 7) is 7.57. The first-order valence-electron chi connectivity index (χ1n) is 11.6. The van der Waals surface area contributed by atoms with E-state index in [1.807, 2.05) is 16.7 Å². The van der Waals surface area contributed by atoms with Crippen molar-refractivity contribution in [3.8, 4) is 22.5 Å². The predicted octanol–water partition coefficient (Wildman–Crippen LogP) is 4.33. The lowest BCUT2D eigenvalue weighted by Gasteiger charge is -2.08. The highest BCUT2D eigenvalue weighted by molar-refractivity contribution is 5.70. The molecular formula is C25H31N7O. The Labute approximate surface area is 193 Å². The third-order valence-electron chi connectivity index (χ3n) is 5.65. The molecule has 0 aliphatic heterocycles. The molecule has 2 heterocycles. The van der Waals surface area contributed by atoms with Crippen LogP contribution in [0.15, 0.2) is 53.3 Å². The number of H-pyrrole nitrogens is 1. The molecule has 0 aliphatic rings. The van der Waals surface area contributed by atoms with Crippen LogP contribution in [0, 0.1) is 5.92 Å². The van der Waals surface area contributed by atoms with Crippen molar-refractivity contribution < 1.29 is 0 Å². The lowest BCUT2D eigenvalue weighted by Crippen LogP contribution is -2.27. The molecule has 0 fully saturated rings. The minimum atomic E-state index is -0.0207. The van der Waals surface area contributed by atoms with Crippen LogP contribution in [0.25, 0.3) is 22.5 Å². The topological polar surface area (TPSA) is 94.3 Å². The van der Waals surface area contributed by atoms with Crippen molar-refractivity contribution in [2.75, 3.05) is 0 Å². The van der Waals surface area contributed by atoms with Crippen molar-refractivity contribution in [2.24, 2.45) is 5.92 Å². The van der Waals surface area contributed by atoms with Crippen LogP contribution in [0.5, 0.6) is 0 Å². The van der Waals surface area contributed by atoms with Crippen molar-refractivity contribution in [3.63, 3.8) is 0 Å². The molecule has 0 spiro atoms. The molecule has 33 heavy (non-hydrogen) atoms. The van der Waals surface area contributed by atoms with Crippen molar-refractivity contribution in [2.45, 2.75) is 59.5 Å². The predicted molar refractivity (Wildman–Crippen MR) is 129 cm³/mol. The highest BCUT2D eigenvalue weighted by atomic mass is 16.2. The molecule has 0 saturated heterocycles. The number of tetrazole rings is 1. The van der Waals surface area contributed by atoms with Gasteiger partial charge >= 0.3 is 5.69 Å². The van der Waals surface area contributed by atoms with E-state index in [0.717, 1.165) is 53.8 Å². The van der Waals surface area contributed by atoms with Gasteiger partial charge in [-0.15, -0.1) is 5.10 Å².